The van der Waals surface area contributed by atoms with Crippen LogP contribution in [0, 0.1) is 0 Å². The van der Waals surface area contributed by atoms with Gasteiger partial charge < -0.3 is 15.0 Å². The number of carbonyl (C=O) groups excluding carboxylic acids is 2. The van der Waals surface area contributed by atoms with Gasteiger partial charge in [-0.25, -0.2) is 4.98 Å². The zero-order valence-electron chi connectivity index (χ0n) is 16.0. The lowest BCUT2D eigenvalue weighted by atomic mass is 9.98. The van der Waals surface area contributed by atoms with Crippen molar-refractivity contribution in [3.8, 4) is 0 Å². The summed E-state index contributed by atoms with van der Waals surface area (Å²) in [7, 11) is 1.59. The van der Waals surface area contributed by atoms with Crippen LogP contribution in [0.25, 0.3) is 0 Å². The highest BCUT2D eigenvalue weighted by molar-refractivity contribution is 6.08. The first kappa shape index (κ1) is 18.8. The number of hydrogen-bond donors (Lipinski definition) is 2. The number of aromatic amines is 1. The van der Waals surface area contributed by atoms with E-state index in [4.69, 9.17) is 4.74 Å². The normalized spacial score (nSPS) is 15.2. The lowest BCUT2D eigenvalue weighted by molar-refractivity contribution is 0.0936. The molecule has 1 aromatic heterocycles. The van der Waals surface area contributed by atoms with Crippen LogP contribution < -0.4 is 10.2 Å². The first-order valence-corrected chi connectivity index (χ1v) is 9.32. The molecule has 8 heteroatoms. The number of benzene rings is 2. The molecule has 1 aliphatic heterocycles. The smallest absolute Gasteiger partial charge is 0.258 e. The summed E-state index contributed by atoms with van der Waals surface area (Å²) in [6.45, 7) is 1.29. The average Bonchev–Trinajstić information content (AvgIpc) is 3.41. The zero-order chi connectivity index (χ0) is 20.2. The second-order valence-electron chi connectivity index (χ2n) is 6.73. The molecule has 8 nitrogen and oxygen atoms in total. The lowest BCUT2D eigenvalue weighted by Crippen LogP contribution is -2.30. The molecule has 29 heavy (non-hydrogen) atoms. The van der Waals surface area contributed by atoms with Crippen LogP contribution in [0.3, 0.4) is 0 Å². The number of carbonyl (C=O) groups is 2. The minimum atomic E-state index is -0.188. The van der Waals surface area contributed by atoms with Crippen molar-refractivity contribution in [2.24, 2.45) is 0 Å². The van der Waals surface area contributed by atoms with Gasteiger partial charge in [-0.05, 0) is 35.9 Å². The third-order valence-electron chi connectivity index (χ3n) is 4.94. The highest BCUT2D eigenvalue weighted by Gasteiger charge is 2.35. The molecule has 0 aliphatic carbocycles. The molecular formula is C21H21N5O3. The van der Waals surface area contributed by atoms with Crippen LogP contribution in [0.5, 0.6) is 0 Å². The summed E-state index contributed by atoms with van der Waals surface area (Å²) in [5.74, 6) is 0.193. The van der Waals surface area contributed by atoms with Gasteiger partial charge in [-0.3, -0.25) is 14.7 Å². The Balaban J connectivity index is 1.68. The van der Waals surface area contributed by atoms with Gasteiger partial charge in [0.25, 0.3) is 11.8 Å². The van der Waals surface area contributed by atoms with Gasteiger partial charge in [0.15, 0.2) is 0 Å². The van der Waals surface area contributed by atoms with Gasteiger partial charge in [0.05, 0.1) is 12.5 Å². The van der Waals surface area contributed by atoms with Gasteiger partial charge in [-0.2, -0.15) is 5.10 Å². The third kappa shape index (κ3) is 3.74. The van der Waals surface area contributed by atoms with Crippen molar-refractivity contribution in [3.05, 3.63) is 77.4 Å². The molecule has 2 N–H and O–H groups in total. The van der Waals surface area contributed by atoms with Gasteiger partial charge in [0, 0.05) is 37.0 Å². The van der Waals surface area contributed by atoms with Crippen molar-refractivity contribution in [3.63, 3.8) is 0 Å². The zero-order valence-corrected chi connectivity index (χ0v) is 16.0. The molecule has 2 amide bonds. The molecule has 2 heterocycles. The van der Waals surface area contributed by atoms with Crippen molar-refractivity contribution in [1.29, 1.82) is 0 Å². The monoisotopic (exact) mass is 391 g/mol. The Labute approximate surface area is 167 Å². The number of nitrogens with one attached hydrogen (secondary N) is 2. The summed E-state index contributed by atoms with van der Waals surface area (Å²) >= 11 is 0. The molecule has 4 rings (SSSR count). The summed E-state index contributed by atoms with van der Waals surface area (Å²) in [5, 5.41) is 9.66. The maximum atomic E-state index is 13.1. The van der Waals surface area contributed by atoms with E-state index in [0.717, 1.165) is 11.3 Å². The fourth-order valence-corrected chi connectivity index (χ4v) is 3.51. The molecule has 0 saturated carbocycles. The quantitative estimate of drug-likeness (QED) is 0.626. The van der Waals surface area contributed by atoms with Crippen molar-refractivity contribution in [1.82, 2.24) is 20.5 Å². The van der Waals surface area contributed by atoms with Crippen LogP contribution in [-0.4, -0.2) is 53.8 Å². The molecule has 1 unspecified atom stereocenters. The number of fused-ring (bicyclic) bond motifs is 1. The number of nitrogens with zero attached hydrogens (tertiary/aromatic N) is 3. The van der Waals surface area contributed by atoms with E-state index in [1.807, 2.05) is 30.3 Å². The first-order chi connectivity index (χ1) is 14.2. The summed E-state index contributed by atoms with van der Waals surface area (Å²) in [6, 6.07) is 14.5. The first-order valence-electron chi connectivity index (χ1n) is 9.32. The van der Waals surface area contributed by atoms with Crippen LogP contribution in [-0.2, 0) is 4.74 Å². The summed E-state index contributed by atoms with van der Waals surface area (Å²) < 4.78 is 4.97. The van der Waals surface area contributed by atoms with Crippen molar-refractivity contribution in [2.75, 3.05) is 31.7 Å². The second-order valence-corrected chi connectivity index (χ2v) is 6.73. The number of methoxy groups -OCH3 is 1. The number of ether oxygens (including phenoxy) is 1. The molecule has 1 aliphatic rings. The highest BCUT2D eigenvalue weighted by atomic mass is 16.5. The van der Waals surface area contributed by atoms with Gasteiger partial charge in [-0.15, -0.1) is 0 Å². The minimum absolute atomic E-state index is 0.0915. The molecule has 0 radical (unpaired) electrons. The number of H-pyrrole nitrogens is 1. The van der Waals surface area contributed by atoms with E-state index in [2.05, 4.69) is 20.5 Å². The molecule has 3 aromatic rings. The Morgan fingerprint density at radius 3 is 2.76 bits per heavy atom. The Bertz CT molecular complexity index is 1000. The van der Waals surface area contributed by atoms with Gasteiger partial charge >= 0.3 is 0 Å². The summed E-state index contributed by atoms with van der Waals surface area (Å²) in [4.78, 5) is 31.6. The molecule has 2 aromatic carbocycles. The largest absolute Gasteiger partial charge is 0.383 e. The van der Waals surface area contributed by atoms with Gasteiger partial charge in [0.2, 0.25) is 0 Å². The lowest BCUT2D eigenvalue weighted by Gasteiger charge is -2.18. The van der Waals surface area contributed by atoms with Crippen molar-refractivity contribution < 1.29 is 14.3 Å². The molecule has 1 atom stereocenters. The second kappa shape index (κ2) is 8.24. The summed E-state index contributed by atoms with van der Waals surface area (Å²) in [6.07, 6.45) is 1.44. The fourth-order valence-electron chi connectivity index (χ4n) is 3.51. The average molecular weight is 391 g/mol. The van der Waals surface area contributed by atoms with E-state index >= 15 is 0 Å². The SMILES string of the molecule is COCCNC(=O)c1ccc2c(c1)C(c1ncn[nH]1)CN2C(=O)c1ccccc1. The number of rotatable bonds is 6. The molecule has 148 valence electrons. The molecule has 0 bridgehead atoms. The number of hydrogen-bond acceptors (Lipinski definition) is 5. The Kier molecular flexibility index (Phi) is 5.35. The van der Waals surface area contributed by atoms with Crippen LogP contribution in [0.2, 0.25) is 0 Å². The van der Waals surface area contributed by atoms with E-state index in [-0.39, 0.29) is 17.7 Å². The van der Waals surface area contributed by atoms with E-state index in [0.29, 0.717) is 36.6 Å². The predicted octanol–water partition coefficient (Wildman–Crippen LogP) is 1.97. The number of aromatic nitrogens is 3. The van der Waals surface area contributed by atoms with Crippen molar-refractivity contribution >= 4 is 17.5 Å². The highest BCUT2D eigenvalue weighted by Crippen LogP contribution is 2.40. The molecule has 0 saturated heterocycles. The van der Waals surface area contributed by atoms with Crippen molar-refractivity contribution in [2.45, 2.75) is 5.92 Å². The van der Waals surface area contributed by atoms with Gasteiger partial charge in [-0.1, -0.05) is 18.2 Å². The topological polar surface area (TPSA) is 100 Å². The van der Waals surface area contributed by atoms with E-state index in [1.54, 1.807) is 30.2 Å². The van der Waals surface area contributed by atoms with E-state index < -0.39 is 0 Å². The maximum absolute atomic E-state index is 13.1. The Morgan fingerprint density at radius 1 is 1.21 bits per heavy atom. The summed E-state index contributed by atoms with van der Waals surface area (Å²) in [5.41, 5.74) is 2.77. The Morgan fingerprint density at radius 2 is 2.03 bits per heavy atom. The predicted molar refractivity (Wildman–Crippen MR) is 107 cm³/mol. The fraction of sp³-hybridized carbons (Fsp3) is 0.238. The Hall–Kier alpha value is -3.52. The van der Waals surface area contributed by atoms with Crippen LogP contribution in [0.15, 0.2) is 54.9 Å². The number of amides is 2. The van der Waals surface area contributed by atoms with Crippen LogP contribution in [0.4, 0.5) is 5.69 Å². The maximum Gasteiger partial charge on any atom is 0.258 e. The number of anilines is 1. The van der Waals surface area contributed by atoms with E-state index in [9.17, 15) is 9.59 Å². The molecule has 0 fully saturated rings. The standard InChI is InChI=1S/C21H21N5O3/c1-29-10-9-22-20(27)15-7-8-18-16(11-15)17(19-23-13-24-25-19)12-26(18)21(28)14-5-3-2-4-6-14/h2-8,11,13,17H,9-10,12H2,1H3,(H,22,27)(H,23,24,25). The van der Waals surface area contributed by atoms with Gasteiger partial charge in [0.1, 0.15) is 12.2 Å². The minimum Gasteiger partial charge on any atom is -0.383 e. The van der Waals surface area contributed by atoms with Crippen LogP contribution >= 0.6 is 0 Å². The van der Waals surface area contributed by atoms with E-state index in [1.165, 1.54) is 6.33 Å². The van der Waals surface area contributed by atoms with Crippen LogP contribution in [0.1, 0.15) is 38.0 Å². The third-order valence-corrected chi connectivity index (χ3v) is 4.94. The molecule has 0 spiro atoms. The molecular weight excluding hydrogens is 370 g/mol.